The minimum absolute atomic E-state index is 0.326. The normalized spacial score (nSPS) is 11.0. The van der Waals surface area contributed by atoms with Crippen LogP contribution in [0.4, 0.5) is 0 Å². The number of allylic oxidation sites excluding steroid dienone is 1. The number of nitrogens with zero attached hydrogens (tertiary/aromatic N) is 1. The van der Waals surface area contributed by atoms with Crippen molar-refractivity contribution in [1.29, 1.82) is 0 Å². The van der Waals surface area contributed by atoms with E-state index in [2.05, 4.69) is 45.9 Å². The van der Waals surface area contributed by atoms with E-state index < -0.39 is 0 Å². The highest BCUT2D eigenvalue weighted by Gasteiger charge is 2.13. The van der Waals surface area contributed by atoms with Gasteiger partial charge in [-0.05, 0) is 11.8 Å². The summed E-state index contributed by atoms with van der Waals surface area (Å²) in [7, 11) is 2.05. The summed E-state index contributed by atoms with van der Waals surface area (Å²) in [5.74, 6) is 0. The predicted molar refractivity (Wildman–Crippen MR) is 56.0 cm³/mol. The van der Waals surface area contributed by atoms with Crippen molar-refractivity contribution in [1.82, 2.24) is 4.90 Å². The van der Waals surface area contributed by atoms with Gasteiger partial charge in [0.2, 0.25) is 0 Å². The smallest absolute Gasteiger partial charge is 0.0350 e. The lowest BCUT2D eigenvalue weighted by Gasteiger charge is -2.26. The molecule has 0 aliphatic heterocycles. The maximum atomic E-state index is 4.04. The van der Waals surface area contributed by atoms with Crippen LogP contribution in [-0.4, -0.2) is 18.5 Å². The number of hydrogen-bond acceptors (Lipinski definition) is 1. The van der Waals surface area contributed by atoms with Crippen molar-refractivity contribution >= 4 is 0 Å². The van der Waals surface area contributed by atoms with Crippen molar-refractivity contribution in [3.8, 4) is 0 Å². The Hall–Kier alpha value is -0.720. The van der Waals surface area contributed by atoms with E-state index in [1.807, 2.05) is 6.08 Å². The molecule has 0 aromatic heterocycles. The highest BCUT2D eigenvalue weighted by atomic mass is 15.1. The van der Waals surface area contributed by atoms with Crippen LogP contribution in [0.2, 0.25) is 0 Å². The fourth-order valence-corrected chi connectivity index (χ4v) is 1.07. The highest BCUT2D eigenvalue weighted by Crippen LogP contribution is 2.24. The minimum atomic E-state index is 0.326. The van der Waals surface area contributed by atoms with Crippen LogP contribution >= 0.6 is 0 Å². The summed E-state index contributed by atoms with van der Waals surface area (Å²) in [5.41, 5.74) is 1.51. The first-order valence-corrected chi connectivity index (χ1v) is 4.36. The molecule has 0 aliphatic rings. The van der Waals surface area contributed by atoms with Gasteiger partial charge in [-0.25, -0.2) is 0 Å². The molecule has 0 rings (SSSR count). The summed E-state index contributed by atoms with van der Waals surface area (Å²) >= 11 is 0. The first kappa shape index (κ1) is 11.3. The Kier molecular flexibility index (Phi) is 4.08. The van der Waals surface area contributed by atoms with Gasteiger partial charge in [-0.3, -0.25) is 0 Å². The van der Waals surface area contributed by atoms with E-state index in [1.165, 1.54) is 5.70 Å². The zero-order valence-electron chi connectivity index (χ0n) is 8.85. The lowest BCUT2D eigenvalue weighted by atomic mass is 9.90. The van der Waals surface area contributed by atoms with E-state index in [4.69, 9.17) is 0 Å². The van der Waals surface area contributed by atoms with Crippen LogP contribution in [-0.2, 0) is 0 Å². The fraction of sp³-hybridized carbons (Fsp3) is 0.636. The third-order valence-corrected chi connectivity index (χ3v) is 1.68. The second kappa shape index (κ2) is 4.34. The zero-order chi connectivity index (χ0) is 9.78. The molecule has 0 N–H and O–H groups in total. The maximum Gasteiger partial charge on any atom is 0.0350 e. The van der Waals surface area contributed by atoms with Gasteiger partial charge in [0.15, 0.2) is 0 Å². The van der Waals surface area contributed by atoms with Crippen LogP contribution in [0.25, 0.3) is 0 Å². The molecule has 0 saturated carbocycles. The molecule has 0 unspecified atom stereocenters. The summed E-state index contributed by atoms with van der Waals surface area (Å²) in [6, 6.07) is 0. The molecule has 12 heavy (non-hydrogen) atoms. The zero-order valence-corrected chi connectivity index (χ0v) is 8.85. The number of rotatable bonds is 4. The molecule has 0 bridgehead atoms. The molecule has 0 aromatic carbocycles. The predicted octanol–water partition coefficient (Wildman–Crippen LogP) is 3.05. The van der Waals surface area contributed by atoms with E-state index in [9.17, 15) is 0 Å². The van der Waals surface area contributed by atoms with Crippen LogP contribution < -0.4 is 0 Å². The molecule has 0 heterocycles. The Morgan fingerprint density at radius 1 is 1.42 bits per heavy atom. The highest BCUT2D eigenvalue weighted by molar-refractivity contribution is 4.97. The topological polar surface area (TPSA) is 3.24 Å². The lowest BCUT2D eigenvalue weighted by molar-refractivity contribution is 0.343. The van der Waals surface area contributed by atoms with Gasteiger partial charge in [0.25, 0.3) is 0 Å². The molecule has 0 aromatic rings. The summed E-state index contributed by atoms with van der Waals surface area (Å²) in [5, 5.41) is 0. The van der Waals surface area contributed by atoms with Gasteiger partial charge < -0.3 is 4.90 Å². The van der Waals surface area contributed by atoms with E-state index in [-0.39, 0.29) is 0 Å². The van der Waals surface area contributed by atoms with Crippen LogP contribution in [0.3, 0.4) is 0 Å². The van der Waals surface area contributed by atoms with Gasteiger partial charge >= 0.3 is 0 Å². The van der Waals surface area contributed by atoms with Crippen molar-refractivity contribution in [2.45, 2.75) is 27.2 Å². The quantitative estimate of drug-likeness (QED) is 0.582. The first-order chi connectivity index (χ1) is 5.37. The molecule has 1 heteroatoms. The molecule has 70 valence electrons. The average molecular weight is 167 g/mol. The van der Waals surface area contributed by atoms with E-state index in [0.29, 0.717) is 5.41 Å². The van der Waals surface area contributed by atoms with Gasteiger partial charge in [0, 0.05) is 19.3 Å². The van der Waals surface area contributed by atoms with Crippen LogP contribution in [0.1, 0.15) is 27.2 Å². The Balaban J connectivity index is 3.95. The lowest BCUT2D eigenvalue weighted by Crippen LogP contribution is -2.20. The third kappa shape index (κ3) is 5.00. The van der Waals surface area contributed by atoms with E-state index in [1.54, 1.807) is 0 Å². The van der Waals surface area contributed by atoms with Gasteiger partial charge in [0.1, 0.15) is 0 Å². The van der Waals surface area contributed by atoms with E-state index in [0.717, 1.165) is 13.0 Å². The van der Waals surface area contributed by atoms with Crippen molar-refractivity contribution < 1.29 is 0 Å². The monoisotopic (exact) mass is 167 g/mol. The molecule has 0 saturated heterocycles. The second-order valence-corrected chi connectivity index (χ2v) is 4.47. The molecule has 0 atom stereocenters. The Morgan fingerprint density at radius 2 is 1.92 bits per heavy atom. The SMILES string of the molecule is C=CCN(C)C(=C)CC(C)(C)C. The van der Waals surface area contributed by atoms with Crippen LogP contribution in [0.5, 0.6) is 0 Å². The van der Waals surface area contributed by atoms with Crippen molar-refractivity contribution in [2.75, 3.05) is 13.6 Å². The van der Waals surface area contributed by atoms with E-state index >= 15 is 0 Å². The van der Waals surface area contributed by atoms with Crippen LogP contribution in [0, 0.1) is 5.41 Å². The Morgan fingerprint density at radius 3 is 2.25 bits per heavy atom. The van der Waals surface area contributed by atoms with Crippen molar-refractivity contribution in [3.05, 3.63) is 24.9 Å². The van der Waals surface area contributed by atoms with Crippen molar-refractivity contribution in [3.63, 3.8) is 0 Å². The molecule has 0 amide bonds. The summed E-state index contributed by atoms with van der Waals surface area (Å²) in [6.45, 7) is 15.3. The Bertz CT molecular complexity index is 162. The largest absolute Gasteiger partial charge is 0.375 e. The molecule has 0 aliphatic carbocycles. The molecule has 0 radical (unpaired) electrons. The molecular weight excluding hydrogens is 146 g/mol. The number of likely N-dealkylation sites (N-methyl/N-ethyl adjacent to an activating group) is 1. The number of hydrogen-bond donors (Lipinski definition) is 0. The molecule has 1 nitrogen and oxygen atoms in total. The summed E-state index contributed by atoms with van der Waals surface area (Å²) < 4.78 is 0. The third-order valence-electron chi connectivity index (χ3n) is 1.68. The Labute approximate surface area is 76.8 Å². The standard InChI is InChI=1S/C11H21N/c1-7-8-12(6)10(2)9-11(3,4)5/h7H,1-2,8-9H2,3-6H3. The van der Waals surface area contributed by atoms with Gasteiger partial charge in [-0.1, -0.05) is 33.4 Å². The molecule has 0 fully saturated rings. The van der Waals surface area contributed by atoms with Crippen LogP contribution in [0.15, 0.2) is 24.9 Å². The fourth-order valence-electron chi connectivity index (χ4n) is 1.07. The first-order valence-electron chi connectivity index (χ1n) is 4.36. The van der Waals surface area contributed by atoms with Gasteiger partial charge in [0.05, 0.1) is 0 Å². The minimum Gasteiger partial charge on any atom is -0.375 e. The average Bonchev–Trinajstić information content (AvgIpc) is 1.84. The maximum absolute atomic E-state index is 4.04. The second-order valence-electron chi connectivity index (χ2n) is 4.47. The van der Waals surface area contributed by atoms with Gasteiger partial charge in [-0.15, -0.1) is 6.58 Å². The summed E-state index contributed by atoms with van der Waals surface area (Å²) in [4.78, 5) is 2.14. The molecule has 0 spiro atoms. The van der Waals surface area contributed by atoms with Crippen molar-refractivity contribution in [2.24, 2.45) is 5.41 Å². The molecular formula is C11H21N. The van der Waals surface area contributed by atoms with Gasteiger partial charge in [-0.2, -0.15) is 0 Å². The summed E-state index contributed by atoms with van der Waals surface area (Å²) in [6.07, 6.45) is 2.94.